The molecule has 0 bridgehead atoms. The second-order valence-corrected chi connectivity index (χ2v) is 7.12. The van der Waals surface area contributed by atoms with Gasteiger partial charge in [0.15, 0.2) is 5.13 Å². The van der Waals surface area contributed by atoms with Crippen molar-refractivity contribution in [3.8, 4) is 0 Å². The Kier molecular flexibility index (Phi) is 5.90. The van der Waals surface area contributed by atoms with Crippen molar-refractivity contribution >= 4 is 60.1 Å². The molecular formula is C15H18BrN3O2S. The zero-order valence-electron chi connectivity index (χ0n) is 12.5. The minimum atomic E-state index is -0.200. The number of hydrogen-bond acceptors (Lipinski definition) is 4. The zero-order valence-corrected chi connectivity index (χ0v) is 14.9. The minimum Gasteiger partial charge on any atom is -0.326 e. The second kappa shape index (κ2) is 7.69. The lowest BCUT2D eigenvalue weighted by molar-refractivity contribution is -0.116. The highest BCUT2D eigenvalue weighted by atomic mass is 79.9. The lowest BCUT2D eigenvalue weighted by Gasteiger charge is -2.07. The predicted octanol–water partition coefficient (Wildman–Crippen LogP) is 4.15. The summed E-state index contributed by atoms with van der Waals surface area (Å²) in [5, 5.41) is 6.14. The number of aromatic nitrogens is 1. The van der Waals surface area contributed by atoms with E-state index in [1.165, 1.54) is 18.3 Å². The first-order chi connectivity index (χ1) is 10.5. The van der Waals surface area contributed by atoms with E-state index in [0.717, 1.165) is 35.2 Å². The van der Waals surface area contributed by atoms with Crippen LogP contribution in [0, 0.1) is 0 Å². The summed E-state index contributed by atoms with van der Waals surface area (Å²) in [6.07, 6.45) is 2.87. The topological polar surface area (TPSA) is 71.1 Å². The van der Waals surface area contributed by atoms with Crippen LogP contribution in [-0.2, 0) is 9.59 Å². The summed E-state index contributed by atoms with van der Waals surface area (Å²) in [4.78, 5) is 27.3. The van der Waals surface area contributed by atoms with Crippen LogP contribution in [-0.4, -0.2) is 21.6 Å². The standard InChI is InChI=1S/C15H18BrN3O2S/c1-3-4-5-11(16)14(21)19-15-18-12-7-6-10(17-9(2)20)8-13(12)22-15/h6-8,11H,3-5H2,1-2H3,(H,17,20)(H,18,19,21). The lowest BCUT2D eigenvalue weighted by Crippen LogP contribution is -2.22. The van der Waals surface area contributed by atoms with Crippen molar-refractivity contribution in [1.82, 2.24) is 4.98 Å². The molecule has 1 aromatic heterocycles. The molecule has 1 heterocycles. The number of benzene rings is 1. The molecule has 0 aliphatic rings. The van der Waals surface area contributed by atoms with Gasteiger partial charge in [0.25, 0.3) is 0 Å². The van der Waals surface area contributed by atoms with Crippen LogP contribution in [0.1, 0.15) is 33.1 Å². The van der Waals surface area contributed by atoms with Crippen molar-refractivity contribution in [2.75, 3.05) is 10.6 Å². The van der Waals surface area contributed by atoms with Gasteiger partial charge in [0, 0.05) is 12.6 Å². The lowest BCUT2D eigenvalue weighted by atomic mass is 10.2. The van der Waals surface area contributed by atoms with Crippen molar-refractivity contribution in [2.24, 2.45) is 0 Å². The quantitative estimate of drug-likeness (QED) is 0.735. The van der Waals surface area contributed by atoms with Gasteiger partial charge in [-0.15, -0.1) is 0 Å². The SMILES string of the molecule is CCCCC(Br)C(=O)Nc1nc2ccc(NC(C)=O)cc2s1. The summed E-state index contributed by atoms with van der Waals surface area (Å²) in [6.45, 7) is 3.56. The van der Waals surface area contributed by atoms with Crippen molar-refractivity contribution in [3.63, 3.8) is 0 Å². The first-order valence-corrected chi connectivity index (χ1v) is 8.86. The number of hydrogen-bond donors (Lipinski definition) is 2. The summed E-state index contributed by atoms with van der Waals surface area (Å²) >= 11 is 4.79. The number of carbonyl (C=O) groups is 2. The van der Waals surface area contributed by atoms with Gasteiger partial charge in [-0.2, -0.15) is 0 Å². The molecule has 0 spiro atoms. The van der Waals surface area contributed by atoms with Gasteiger partial charge in [0.1, 0.15) is 0 Å². The number of nitrogens with zero attached hydrogens (tertiary/aromatic N) is 1. The van der Waals surface area contributed by atoms with Crippen LogP contribution < -0.4 is 10.6 Å². The van der Waals surface area contributed by atoms with Crippen LogP contribution in [0.3, 0.4) is 0 Å². The Hall–Kier alpha value is -1.47. The highest BCUT2D eigenvalue weighted by Crippen LogP contribution is 2.29. The van der Waals surface area contributed by atoms with Crippen LogP contribution in [0.4, 0.5) is 10.8 Å². The third kappa shape index (κ3) is 4.51. The van der Waals surface area contributed by atoms with Gasteiger partial charge < -0.3 is 10.6 Å². The predicted molar refractivity (Wildman–Crippen MR) is 94.8 cm³/mol. The monoisotopic (exact) mass is 383 g/mol. The van der Waals surface area contributed by atoms with Crippen molar-refractivity contribution in [1.29, 1.82) is 0 Å². The van der Waals surface area contributed by atoms with Gasteiger partial charge in [0.05, 0.1) is 15.0 Å². The molecule has 7 heteroatoms. The molecule has 2 aromatic rings. The van der Waals surface area contributed by atoms with Crippen LogP contribution in [0.2, 0.25) is 0 Å². The average Bonchev–Trinajstić information content (AvgIpc) is 2.85. The van der Waals surface area contributed by atoms with E-state index in [-0.39, 0.29) is 16.6 Å². The van der Waals surface area contributed by atoms with E-state index < -0.39 is 0 Å². The first kappa shape index (κ1) is 16.9. The normalized spacial score (nSPS) is 12.1. The average molecular weight is 384 g/mol. The van der Waals surface area contributed by atoms with Crippen LogP contribution in [0.25, 0.3) is 10.2 Å². The number of thiazole rings is 1. The number of nitrogens with one attached hydrogen (secondary N) is 2. The molecular weight excluding hydrogens is 366 g/mol. The zero-order chi connectivity index (χ0) is 16.1. The summed E-state index contributed by atoms with van der Waals surface area (Å²) in [7, 11) is 0. The molecule has 2 rings (SSSR count). The molecule has 2 amide bonds. The van der Waals surface area contributed by atoms with E-state index in [0.29, 0.717) is 5.13 Å². The van der Waals surface area contributed by atoms with Crippen molar-refractivity contribution in [3.05, 3.63) is 18.2 Å². The molecule has 0 fully saturated rings. The Labute approximate surface area is 141 Å². The van der Waals surface area contributed by atoms with E-state index in [2.05, 4.69) is 38.5 Å². The highest BCUT2D eigenvalue weighted by Gasteiger charge is 2.16. The third-order valence-corrected chi connectivity index (χ3v) is 4.84. The fraction of sp³-hybridized carbons (Fsp3) is 0.400. The Morgan fingerprint density at radius 1 is 1.36 bits per heavy atom. The molecule has 2 N–H and O–H groups in total. The van der Waals surface area contributed by atoms with Gasteiger partial charge in [-0.05, 0) is 24.6 Å². The number of amides is 2. The van der Waals surface area contributed by atoms with E-state index in [4.69, 9.17) is 0 Å². The number of unbranched alkanes of at least 4 members (excludes halogenated alkanes) is 1. The molecule has 1 unspecified atom stereocenters. The van der Waals surface area contributed by atoms with Crippen molar-refractivity contribution in [2.45, 2.75) is 37.9 Å². The fourth-order valence-corrected chi connectivity index (χ4v) is 3.30. The maximum Gasteiger partial charge on any atom is 0.239 e. The fourth-order valence-electron chi connectivity index (χ4n) is 1.96. The number of alkyl halides is 1. The molecule has 0 aliphatic carbocycles. The smallest absolute Gasteiger partial charge is 0.239 e. The summed E-state index contributed by atoms with van der Waals surface area (Å²) < 4.78 is 0.918. The molecule has 0 saturated carbocycles. The minimum absolute atomic E-state index is 0.0745. The Morgan fingerprint density at radius 3 is 2.82 bits per heavy atom. The number of fused-ring (bicyclic) bond motifs is 1. The van der Waals surface area contributed by atoms with E-state index in [1.807, 2.05) is 12.1 Å². The highest BCUT2D eigenvalue weighted by molar-refractivity contribution is 9.10. The third-order valence-electron chi connectivity index (χ3n) is 3.03. The Balaban J connectivity index is 2.09. The number of anilines is 2. The molecule has 5 nitrogen and oxygen atoms in total. The second-order valence-electron chi connectivity index (χ2n) is 4.98. The number of halogens is 1. The van der Waals surface area contributed by atoms with E-state index in [9.17, 15) is 9.59 Å². The van der Waals surface area contributed by atoms with Crippen LogP contribution in [0.5, 0.6) is 0 Å². The van der Waals surface area contributed by atoms with Gasteiger partial charge in [-0.25, -0.2) is 4.98 Å². The Bertz CT molecular complexity index is 686. The maximum atomic E-state index is 12.1. The summed E-state index contributed by atoms with van der Waals surface area (Å²) in [5.74, 6) is -0.190. The maximum absolute atomic E-state index is 12.1. The van der Waals surface area contributed by atoms with Gasteiger partial charge >= 0.3 is 0 Å². The molecule has 0 radical (unpaired) electrons. The Morgan fingerprint density at radius 2 is 2.14 bits per heavy atom. The molecule has 1 atom stereocenters. The molecule has 118 valence electrons. The number of rotatable bonds is 6. The van der Waals surface area contributed by atoms with Crippen LogP contribution in [0.15, 0.2) is 18.2 Å². The first-order valence-electron chi connectivity index (χ1n) is 7.12. The van der Waals surface area contributed by atoms with Crippen molar-refractivity contribution < 1.29 is 9.59 Å². The van der Waals surface area contributed by atoms with Gasteiger partial charge in [-0.1, -0.05) is 47.0 Å². The summed E-state index contributed by atoms with van der Waals surface area (Å²) in [6, 6.07) is 5.48. The van der Waals surface area contributed by atoms with Gasteiger partial charge in [-0.3, -0.25) is 9.59 Å². The molecule has 1 aromatic carbocycles. The molecule has 0 saturated heterocycles. The summed E-state index contributed by atoms with van der Waals surface area (Å²) in [5.41, 5.74) is 1.52. The van der Waals surface area contributed by atoms with E-state index >= 15 is 0 Å². The van der Waals surface area contributed by atoms with Gasteiger partial charge in [0.2, 0.25) is 11.8 Å². The van der Waals surface area contributed by atoms with E-state index in [1.54, 1.807) is 6.07 Å². The molecule has 0 aliphatic heterocycles. The van der Waals surface area contributed by atoms with Crippen LogP contribution >= 0.6 is 27.3 Å². The largest absolute Gasteiger partial charge is 0.326 e. The number of carbonyl (C=O) groups excluding carboxylic acids is 2. The molecule has 22 heavy (non-hydrogen) atoms.